The van der Waals surface area contributed by atoms with Gasteiger partial charge in [0.25, 0.3) is 5.69 Å². The van der Waals surface area contributed by atoms with E-state index in [0.29, 0.717) is 6.04 Å². The molecular weight excluding hydrogens is 376 g/mol. The van der Waals surface area contributed by atoms with E-state index < -0.39 is 16.0 Å². The normalized spacial score (nSPS) is 22.0. The average molecular weight is 398 g/mol. The standard InChI is InChI=1S/C19H22N6O4/c26-19(21-16-3-1-2-4-17(16)25(28)29)24(27)15-5-6-18(20-13-15)23-12-11-22-9-7-14(23)8-10-22/h1-6,13-14,24H,7-12H2,(H,21,26). The monoisotopic (exact) mass is 398 g/mol. The number of carbonyl (C=O) groups excluding carboxylic acids is 1. The Morgan fingerprint density at radius 1 is 1.14 bits per heavy atom. The van der Waals surface area contributed by atoms with E-state index in [-0.39, 0.29) is 17.1 Å². The molecule has 1 aromatic carbocycles. The van der Waals surface area contributed by atoms with Crippen molar-refractivity contribution in [2.75, 3.05) is 36.4 Å². The first-order chi connectivity index (χ1) is 14.0. The number of anilines is 2. The number of nitrogens with zero attached hydrogens (tertiary/aromatic N) is 4. The number of hydroxylamine groups is 1. The number of nitrogens with one attached hydrogen (secondary N) is 2. The molecule has 2 N–H and O–H groups in total. The zero-order valence-corrected chi connectivity index (χ0v) is 15.8. The zero-order valence-electron chi connectivity index (χ0n) is 15.8. The number of pyridine rings is 1. The minimum absolute atomic E-state index is 0.0178. The number of quaternary nitrogens is 1. The van der Waals surface area contributed by atoms with Crippen LogP contribution in [0.3, 0.4) is 0 Å². The summed E-state index contributed by atoms with van der Waals surface area (Å²) < 4.78 is 0. The number of amides is 2. The van der Waals surface area contributed by atoms with Gasteiger partial charge in [0.1, 0.15) is 11.5 Å². The van der Waals surface area contributed by atoms with Gasteiger partial charge in [-0.1, -0.05) is 12.1 Å². The van der Waals surface area contributed by atoms with Crippen molar-refractivity contribution < 1.29 is 14.8 Å². The minimum Gasteiger partial charge on any atom is -0.620 e. The first-order valence-electron chi connectivity index (χ1n) is 9.57. The molecule has 0 radical (unpaired) electrons. The number of carbonyl (C=O) groups is 1. The molecule has 4 heterocycles. The summed E-state index contributed by atoms with van der Waals surface area (Å²) in [5, 5.41) is 25.1. The van der Waals surface area contributed by atoms with Crippen LogP contribution in [-0.2, 0) is 0 Å². The largest absolute Gasteiger partial charge is 0.620 e. The van der Waals surface area contributed by atoms with Crippen molar-refractivity contribution in [1.29, 1.82) is 0 Å². The van der Waals surface area contributed by atoms with E-state index in [1.54, 1.807) is 18.2 Å². The fraction of sp³-hybridized carbons (Fsp3) is 0.368. The molecule has 1 atom stereocenters. The highest BCUT2D eigenvalue weighted by Crippen LogP contribution is 2.26. The van der Waals surface area contributed by atoms with Gasteiger partial charge in [0, 0.05) is 44.4 Å². The summed E-state index contributed by atoms with van der Waals surface area (Å²) in [5.74, 6) is 0.800. The topological polar surface area (TPSA) is 119 Å². The smallest absolute Gasteiger partial charge is 0.424 e. The highest BCUT2D eigenvalue weighted by molar-refractivity contribution is 5.87. The van der Waals surface area contributed by atoms with Gasteiger partial charge in [0.15, 0.2) is 5.69 Å². The van der Waals surface area contributed by atoms with Crippen LogP contribution < -0.4 is 15.3 Å². The van der Waals surface area contributed by atoms with E-state index in [1.807, 2.05) is 0 Å². The van der Waals surface area contributed by atoms with E-state index in [4.69, 9.17) is 0 Å². The molecule has 10 nitrogen and oxygen atoms in total. The maximum Gasteiger partial charge on any atom is 0.424 e. The molecule has 5 rings (SSSR count). The second-order valence-corrected chi connectivity index (χ2v) is 7.23. The van der Waals surface area contributed by atoms with Crippen molar-refractivity contribution in [2.24, 2.45) is 0 Å². The number of hydrogen-bond acceptors (Lipinski definition) is 7. The van der Waals surface area contributed by atoms with Gasteiger partial charge in [-0.25, -0.2) is 9.78 Å². The summed E-state index contributed by atoms with van der Waals surface area (Å²) in [6, 6.07) is 8.55. The van der Waals surface area contributed by atoms with E-state index >= 15 is 0 Å². The number of benzene rings is 1. The summed E-state index contributed by atoms with van der Waals surface area (Å²) in [5.41, 5.74) is -0.141. The Morgan fingerprint density at radius 3 is 2.59 bits per heavy atom. The maximum absolute atomic E-state index is 12.5. The Labute approximate surface area is 167 Å². The molecular formula is C19H22N6O4. The highest BCUT2D eigenvalue weighted by atomic mass is 16.6. The minimum atomic E-state index is -0.935. The molecule has 0 aliphatic carbocycles. The lowest BCUT2D eigenvalue weighted by molar-refractivity contribution is -0.677. The van der Waals surface area contributed by atoms with Crippen LogP contribution >= 0.6 is 0 Å². The molecule has 3 saturated heterocycles. The molecule has 10 heteroatoms. The van der Waals surface area contributed by atoms with Crippen LogP contribution in [0.25, 0.3) is 0 Å². The van der Waals surface area contributed by atoms with E-state index in [2.05, 4.69) is 20.1 Å². The maximum atomic E-state index is 12.5. The van der Waals surface area contributed by atoms with Crippen LogP contribution in [0.15, 0.2) is 42.6 Å². The molecule has 29 heavy (non-hydrogen) atoms. The fourth-order valence-corrected chi connectivity index (χ4v) is 3.93. The van der Waals surface area contributed by atoms with Crippen LogP contribution in [0.5, 0.6) is 0 Å². The van der Waals surface area contributed by atoms with Gasteiger partial charge in [-0.05, 0) is 25.0 Å². The van der Waals surface area contributed by atoms with Crippen LogP contribution in [0.2, 0.25) is 0 Å². The second kappa shape index (κ2) is 8.11. The van der Waals surface area contributed by atoms with Crippen LogP contribution in [0.1, 0.15) is 12.8 Å². The first kappa shape index (κ1) is 19.2. The first-order valence-corrected chi connectivity index (χ1v) is 9.57. The van der Waals surface area contributed by atoms with Gasteiger partial charge in [-0.2, -0.15) is 0 Å². The van der Waals surface area contributed by atoms with Gasteiger partial charge in [-0.3, -0.25) is 20.5 Å². The van der Waals surface area contributed by atoms with Crippen molar-refractivity contribution in [3.8, 4) is 0 Å². The van der Waals surface area contributed by atoms with Crippen molar-refractivity contribution >= 4 is 28.9 Å². The molecule has 0 spiro atoms. The summed E-state index contributed by atoms with van der Waals surface area (Å²) in [6.45, 7) is 4.09. The molecule has 2 bridgehead atoms. The highest BCUT2D eigenvalue weighted by Gasteiger charge is 2.30. The van der Waals surface area contributed by atoms with E-state index in [1.165, 1.54) is 24.4 Å². The predicted molar refractivity (Wildman–Crippen MR) is 107 cm³/mol. The molecule has 0 saturated carbocycles. The van der Waals surface area contributed by atoms with Crippen molar-refractivity contribution in [3.63, 3.8) is 0 Å². The van der Waals surface area contributed by atoms with Crippen molar-refractivity contribution in [1.82, 2.24) is 9.88 Å². The summed E-state index contributed by atoms with van der Waals surface area (Å²) >= 11 is 0. The molecule has 3 fully saturated rings. The van der Waals surface area contributed by atoms with Crippen LogP contribution in [0, 0.1) is 15.3 Å². The van der Waals surface area contributed by atoms with Crippen LogP contribution in [0.4, 0.5) is 27.7 Å². The third-order valence-corrected chi connectivity index (χ3v) is 5.51. The second-order valence-electron chi connectivity index (χ2n) is 7.23. The van der Waals surface area contributed by atoms with Gasteiger partial charge in [-0.15, -0.1) is 0 Å². The molecule has 1 aromatic heterocycles. The third kappa shape index (κ3) is 4.04. The molecule has 3 aliphatic rings. The Kier molecular flexibility index (Phi) is 5.38. The lowest BCUT2D eigenvalue weighted by atomic mass is 10.1. The number of piperidine rings is 1. The summed E-state index contributed by atoms with van der Waals surface area (Å²) in [4.78, 5) is 31.9. The zero-order chi connectivity index (χ0) is 20.4. The molecule has 1 unspecified atom stereocenters. The SMILES string of the molecule is O=C(Nc1ccccc1[N+](=O)[O-])[NH+]([O-])c1ccc(N2CCN3CCC2CC3)nc1. The van der Waals surface area contributed by atoms with Crippen molar-refractivity contribution in [3.05, 3.63) is 57.9 Å². The number of aromatic nitrogens is 1. The number of para-hydroxylation sites is 2. The Morgan fingerprint density at radius 2 is 1.90 bits per heavy atom. The Hall–Kier alpha value is -3.08. The third-order valence-electron chi connectivity index (χ3n) is 5.51. The number of rotatable bonds is 4. The molecule has 152 valence electrons. The lowest BCUT2D eigenvalue weighted by Gasteiger charge is -2.32. The van der Waals surface area contributed by atoms with Gasteiger partial charge >= 0.3 is 6.03 Å². The van der Waals surface area contributed by atoms with Gasteiger partial charge in [0.2, 0.25) is 0 Å². The van der Waals surface area contributed by atoms with Gasteiger partial charge in [0.05, 0.1) is 11.1 Å². The summed E-state index contributed by atoms with van der Waals surface area (Å²) in [7, 11) is 0. The number of nitro benzene ring substituents is 1. The van der Waals surface area contributed by atoms with E-state index in [0.717, 1.165) is 44.8 Å². The van der Waals surface area contributed by atoms with Crippen LogP contribution in [-0.4, -0.2) is 53.1 Å². The molecule has 2 aromatic rings. The number of fused-ring (bicyclic) bond motifs is 4. The van der Waals surface area contributed by atoms with Gasteiger partial charge < -0.3 is 15.0 Å². The lowest BCUT2D eigenvalue weighted by Crippen LogP contribution is -3.06. The number of nitro groups is 1. The van der Waals surface area contributed by atoms with E-state index in [9.17, 15) is 20.1 Å². The average Bonchev–Trinajstić information content (AvgIpc) is 3.07. The van der Waals surface area contributed by atoms with Crippen molar-refractivity contribution in [2.45, 2.75) is 18.9 Å². The predicted octanol–water partition coefficient (Wildman–Crippen LogP) is 1.52. The Balaban J connectivity index is 1.46. The summed E-state index contributed by atoms with van der Waals surface area (Å²) in [6.07, 6.45) is 3.59. The fourth-order valence-electron chi connectivity index (χ4n) is 3.93. The number of hydrogen-bond donors (Lipinski definition) is 2. The Bertz CT molecular complexity index is 898. The quantitative estimate of drug-likeness (QED) is 0.592. The number of urea groups is 1. The molecule has 2 amide bonds. The molecule has 3 aliphatic heterocycles.